The van der Waals surface area contributed by atoms with E-state index in [4.69, 9.17) is 4.74 Å². The van der Waals surface area contributed by atoms with Crippen LogP contribution in [-0.2, 0) is 16.6 Å². The van der Waals surface area contributed by atoms with E-state index in [0.717, 1.165) is 19.4 Å². The quantitative estimate of drug-likeness (QED) is 0.760. The Labute approximate surface area is 129 Å². The van der Waals surface area contributed by atoms with E-state index in [0.29, 0.717) is 38.7 Å². The largest absolute Gasteiger partial charge is 0.378 e. The molecule has 2 saturated heterocycles. The highest BCUT2D eigenvalue weighted by molar-refractivity contribution is 5.79. The Kier molecular flexibility index (Phi) is 4.42. The van der Waals surface area contributed by atoms with Crippen molar-refractivity contribution in [1.29, 1.82) is 0 Å². The molecular weight excluding hydrogens is 284 g/mol. The topological polar surface area (TPSA) is 67.7 Å². The number of anilines is 1. The Hall–Kier alpha value is -1.89. The lowest BCUT2D eigenvalue weighted by Crippen LogP contribution is -2.48. The van der Waals surface area contributed by atoms with Gasteiger partial charge in [0.15, 0.2) is 0 Å². The molecule has 120 valence electrons. The molecule has 1 aromatic rings. The van der Waals surface area contributed by atoms with Gasteiger partial charge in [0.1, 0.15) is 5.82 Å². The van der Waals surface area contributed by atoms with Crippen LogP contribution in [0.15, 0.2) is 17.2 Å². The molecule has 1 unspecified atom stereocenters. The molecular formula is C15H22N4O3. The van der Waals surface area contributed by atoms with Crippen molar-refractivity contribution in [1.82, 2.24) is 14.5 Å². The molecule has 7 heteroatoms. The van der Waals surface area contributed by atoms with Crippen molar-refractivity contribution >= 4 is 11.7 Å². The fraction of sp³-hybridized carbons (Fsp3) is 0.667. The Bertz CT molecular complexity index is 595. The third-order valence-electron chi connectivity index (χ3n) is 4.38. The number of aromatic nitrogens is 2. The van der Waals surface area contributed by atoms with Crippen LogP contribution in [0.25, 0.3) is 0 Å². The maximum Gasteiger partial charge on any atom is 0.255 e. The van der Waals surface area contributed by atoms with Crippen LogP contribution in [0, 0.1) is 5.92 Å². The first-order chi connectivity index (χ1) is 10.6. The summed E-state index contributed by atoms with van der Waals surface area (Å²) in [5.41, 5.74) is -0.0772. The molecule has 0 N–H and O–H groups in total. The number of morpholine rings is 1. The summed E-state index contributed by atoms with van der Waals surface area (Å²) >= 11 is 0. The number of carbonyl (C=O) groups is 1. The van der Waals surface area contributed by atoms with Gasteiger partial charge in [0, 0.05) is 39.3 Å². The number of piperidine rings is 1. The second kappa shape index (κ2) is 6.48. The molecule has 1 amide bonds. The molecule has 0 saturated carbocycles. The fourth-order valence-electron chi connectivity index (χ4n) is 3.05. The minimum atomic E-state index is -0.0772. The van der Waals surface area contributed by atoms with Crippen LogP contribution in [0.5, 0.6) is 0 Å². The van der Waals surface area contributed by atoms with Crippen molar-refractivity contribution in [2.45, 2.75) is 12.8 Å². The molecule has 2 aliphatic rings. The predicted molar refractivity (Wildman–Crippen MR) is 81.8 cm³/mol. The van der Waals surface area contributed by atoms with Gasteiger partial charge in [-0.05, 0) is 12.8 Å². The average Bonchev–Trinajstić information content (AvgIpc) is 2.57. The highest BCUT2D eigenvalue weighted by Crippen LogP contribution is 2.22. The highest BCUT2D eigenvalue weighted by atomic mass is 16.5. The number of ether oxygens (including phenoxy) is 1. The normalized spacial score (nSPS) is 22.7. The molecule has 2 fully saturated rings. The molecule has 3 heterocycles. The summed E-state index contributed by atoms with van der Waals surface area (Å²) in [5.74, 6) is 0.858. The number of nitrogens with zero attached hydrogens (tertiary/aromatic N) is 4. The van der Waals surface area contributed by atoms with E-state index < -0.39 is 0 Å². The van der Waals surface area contributed by atoms with Crippen LogP contribution in [-0.4, -0.2) is 59.8 Å². The van der Waals surface area contributed by atoms with Gasteiger partial charge in [-0.2, -0.15) is 0 Å². The van der Waals surface area contributed by atoms with Gasteiger partial charge in [0.25, 0.3) is 5.56 Å². The lowest BCUT2D eigenvalue weighted by molar-refractivity contribution is -0.139. The van der Waals surface area contributed by atoms with Crippen molar-refractivity contribution in [3.05, 3.63) is 22.7 Å². The van der Waals surface area contributed by atoms with Gasteiger partial charge in [0.2, 0.25) is 5.91 Å². The summed E-state index contributed by atoms with van der Waals surface area (Å²) in [6, 6.07) is 1.54. The van der Waals surface area contributed by atoms with Crippen LogP contribution in [0.3, 0.4) is 0 Å². The van der Waals surface area contributed by atoms with E-state index >= 15 is 0 Å². The second-order valence-electron chi connectivity index (χ2n) is 5.92. The smallest absolute Gasteiger partial charge is 0.255 e. The summed E-state index contributed by atoms with van der Waals surface area (Å²) in [5, 5.41) is 0. The zero-order valence-corrected chi connectivity index (χ0v) is 12.9. The van der Waals surface area contributed by atoms with Crippen molar-refractivity contribution in [3.63, 3.8) is 0 Å². The van der Waals surface area contributed by atoms with E-state index in [1.54, 1.807) is 13.1 Å². The van der Waals surface area contributed by atoms with E-state index in [1.165, 1.54) is 10.9 Å². The summed E-state index contributed by atoms with van der Waals surface area (Å²) in [7, 11) is 1.68. The molecule has 0 radical (unpaired) electrons. The van der Waals surface area contributed by atoms with E-state index in [-0.39, 0.29) is 17.4 Å². The van der Waals surface area contributed by atoms with E-state index in [2.05, 4.69) is 4.98 Å². The molecule has 2 aliphatic heterocycles. The Morgan fingerprint density at radius 3 is 2.82 bits per heavy atom. The number of hydrogen-bond donors (Lipinski definition) is 0. The SMILES string of the molecule is Cn1cnc(N2CCCC(C(=O)N3CCOCC3)C2)cc1=O. The molecule has 1 atom stereocenters. The Morgan fingerprint density at radius 2 is 2.09 bits per heavy atom. The van der Waals surface area contributed by atoms with Gasteiger partial charge < -0.3 is 19.1 Å². The summed E-state index contributed by atoms with van der Waals surface area (Å²) in [6.45, 7) is 4.08. The van der Waals surface area contributed by atoms with Crippen LogP contribution in [0.4, 0.5) is 5.82 Å². The summed E-state index contributed by atoms with van der Waals surface area (Å²) in [6.07, 6.45) is 3.38. The first kappa shape index (κ1) is 15.0. The number of aryl methyl sites for hydroxylation is 1. The van der Waals surface area contributed by atoms with Gasteiger partial charge in [-0.15, -0.1) is 0 Å². The van der Waals surface area contributed by atoms with Crippen molar-refractivity contribution in [2.75, 3.05) is 44.3 Å². The number of hydrogen-bond acceptors (Lipinski definition) is 5. The van der Waals surface area contributed by atoms with Crippen LogP contribution in [0.1, 0.15) is 12.8 Å². The molecule has 0 spiro atoms. The van der Waals surface area contributed by atoms with Crippen molar-refractivity contribution < 1.29 is 9.53 Å². The van der Waals surface area contributed by atoms with Gasteiger partial charge in [0.05, 0.1) is 25.5 Å². The maximum absolute atomic E-state index is 12.6. The number of rotatable bonds is 2. The zero-order chi connectivity index (χ0) is 15.5. The molecule has 0 aliphatic carbocycles. The van der Waals surface area contributed by atoms with Gasteiger partial charge in [-0.1, -0.05) is 0 Å². The summed E-state index contributed by atoms with van der Waals surface area (Å²) in [4.78, 5) is 32.6. The first-order valence-electron chi connectivity index (χ1n) is 7.79. The predicted octanol–water partition coefficient (Wildman–Crippen LogP) is -0.144. The van der Waals surface area contributed by atoms with Crippen LogP contribution < -0.4 is 10.5 Å². The average molecular weight is 306 g/mol. The van der Waals surface area contributed by atoms with Gasteiger partial charge >= 0.3 is 0 Å². The molecule has 0 aromatic carbocycles. The number of carbonyl (C=O) groups excluding carboxylic acids is 1. The van der Waals surface area contributed by atoms with Crippen molar-refractivity contribution in [2.24, 2.45) is 13.0 Å². The molecule has 0 bridgehead atoms. The maximum atomic E-state index is 12.6. The molecule has 3 rings (SSSR count). The molecule has 1 aromatic heterocycles. The van der Waals surface area contributed by atoms with Gasteiger partial charge in [-0.25, -0.2) is 4.98 Å². The molecule has 7 nitrogen and oxygen atoms in total. The molecule has 22 heavy (non-hydrogen) atoms. The van der Waals surface area contributed by atoms with Gasteiger partial charge in [-0.3, -0.25) is 9.59 Å². The van der Waals surface area contributed by atoms with E-state index in [9.17, 15) is 9.59 Å². The standard InChI is InChI=1S/C15H22N4O3/c1-17-11-16-13(9-14(17)20)19-4-2-3-12(10-19)15(21)18-5-7-22-8-6-18/h9,11-12H,2-8,10H2,1H3. The van der Waals surface area contributed by atoms with Crippen molar-refractivity contribution in [3.8, 4) is 0 Å². The monoisotopic (exact) mass is 306 g/mol. The lowest BCUT2D eigenvalue weighted by atomic mass is 9.96. The highest BCUT2D eigenvalue weighted by Gasteiger charge is 2.30. The minimum Gasteiger partial charge on any atom is -0.378 e. The third-order valence-corrected chi connectivity index (χ3v) is 4.38. The first-order valence-corrected chi connectivity index (χ1v) is 7.79. The minimum absolute atomic E-state index is 0.0160. The third kappa shape index (κ3) is 3.14. The fourth-order valence-corrected chi connectivity index (χ4v) is 3.05. The zero-order valence-electron chi connectivity index (χ0n) is 12.9. The second-order valence-corrected chi connectivity index (χ2v) is 5.92. The van der Waals surface area contributed by atoms with Crippen LogP contribution in [0.2, 0.25) is 0 Å². The van der Waals surface area contributed by atoms with Crippen LogP contribution >= 0.6 is 0 Å². The lowest BCUT2D eigenvalue weighted by Gasteiger charge is -2.36. The Balaban J connectivity index is 1.69. The summed E-state index contributed by atoms with van der Waals surface area (Å²) < 4.78 is 6.75. The van der Waals surface area contributed by atoms with E-state index in [1.807, 2.05) is 9.80 Å². The Morgan fingerprint density at radius 1 is 1.32 bits per heavy atom. The number of amides is 1.